The maximum atomic E-state index is 12.7. The number of aliphatic imine (C=N–C) groups is 1. The number of anilines is 2. The van der Waals surface area contributed by atoms with E-state index in [9.17, 15) is 9.59 Å². The summed E-state index contributed by atoms with van der Waals surface area (Å²) in [6.07, 6.45) is 3.06. The third kappa shape index (κ3) is 4.18. The van der Waals surface area contributed by atoms with Gasteiger partial charge in [-0.25, -0.2) is 14.8 Å². The molecule has 0 radical (unpaired) electrons. The molecule has 2 unspecified atom stereocenters. The Bertz CT molecular complexity index is 946. The Balaban J connectivity index is 1.46. The second kappa shape index (κ2) is 7.40. The molecule has 0 aromatic carbocycles. The van der Waals surface area contributed by atoms with Crippen molar-refractivity contribution in [3.05, 3.63) is 10.8 Å². The molecule has 0 saturated carbocycles. The summed E-state index contributed by atoms with van der Waals surface area (Å²) in [6.45, 7) is 6.20. The molecule has 168 valence electrons. The number of hydrogen-bond acceptors (Lipinski definition) is 7. The van der Waals surface area contributed by atoms with Gasteiger partial charge in [0.1, 0.15) is 5.60 Å². The maximum absolute atomic E-state index is 12.7. The number of piperidine rings is 1. The molecule has 4 heterocycles. The van der Waals surface area contributed by atoms with Crippen LogP contribution in [0.15, 0.2) is 4.99 Å². The molecule has 3 aliphatic heterocycles. The number of rotatable bonds is 1. The predicted octanol–water partition coefficient (Wildman–Crippen LogP) is 1.28. The molecular formula is C19H27ClN8O3. The summed E-state index contributed by atoms with van der Waals surface area (Å²) in [6, 6.07) is 0.158. The van der Waals surface area contributed by atoms with Crippen molar-refractivity contribution < 1.29 is 14.3 Å². The fourth-order valence-electron chi connectivity index (χ4n) is 4.62. The van der Waals surface area contributed by atoms with E-state index in [0.717, 1.165) is 25.7 Å². The lowest BCUT2D eigenvalue weighted by Crippen LogP contribution is -2.59. The average molecular weight is 451 g/mol. The van der Waals surface area contributed by atoms with Crippen LogP contribution in [0.5, 0.6) is 0 Å². The van der Waals surface area contributed by atoms with Gasteiger partial charge in [0.25, 0.3) is 0 Å². The van der Waals surface area contributed by atoms with Crippen LogP contribution in [-0.4, -0.2) is 62.6 Å². The van der Waals surface area contributed by atoms with Gasteiger partial charge in [-0.15, -0.1) is 0 Å². The van der Waals surface area contributed by atoms with E-state index in [0.29, 0.717) is 12.5 Å². The predicted molar refractivity (Wildman–Crippen MR) is 116 cm³/mol. The molecule has 12 heteroatoms. The number of amides is 2. The lowest BCUT2D eigenvalue weighted by atomic mass is 9.84. The fourth-order valence-corrected chi connectivity index (χ4v) is 4.75. The number of nitrogens with one attached hydrogen (secondary N) is 2. The fraction of sp³-hybridized carbons (Fsp3) is 0.632. The van der Waals surface area contributed by atoms with Crippen molar-refractivity contribution >= 4 is 41.2 Å². The molecule has 6 N–H and O–H groups in total. The molecule has 3 saturated heterocycles. The van der Waals surface area contributed by atoms with Gasteiger partial charge in [0.05, 0.1) is 5.54 Å². The molecule has 3 aliphatic rings. The average Bonchev–Trinajstić information content (AvgIpc) is 3.15. The van der Waals surface area contributed by atoms with Crippen LogP contribution < -0.4 is 22.1 Å². The Hall–Kier alpha value is -2.82. The second-order valence-electron chi connectivity index (χ2n) is 9.34. The first kappa shape index (κ1) is 21.4. The van der Waals surface area contributed by atoms with Gasteiger partial charge < -0.3 is 31.7 Å². The van der Waals surface area contributed by atoms with Crippen molar-refractivity contribution in [2.75, 3.05) is 18.0 Å². The zero-order valence-corrected chi connectivity index (χ0v) is 18.5. The van der Waals surface area contributed by atoms with Crippen molar-refractivity contribution in [3.63, 3.8) is 0 Å². The van der Waals surface area contributed by atoms with Crippen LogP contribution >= 0.6 is 11.6 Å². The Morgan fingerprint density at radius 2 is 1.84 bits per heavy atom. The zero-order valence-electron chi connectivity index (χ0n) is 17.7. The summed E-state index contributed by atoms with van der Waals surface area (Å²) in [4.78, 5) is 38.9. The van der Waals surface area contributed by atoms with Gasteiger partial charge in [-0.3, -0.25) is 4.79 Å². The van der Waals surface area contributed by atoms with E-state index in [1.165, 1.54) is 0 Å². The van der Waals surface area contributed by atoms with Gasteiger partial charge in [-0.1, -0.05) is 11.6 Å². The van der Waals surface area contributed by atoms with Crippen LogP contribution in [0, 0.1) is 0 Å². The van der Waals surface area contributed by atoms with Crippen molar-refractivity contribution in [2.45, 2.75) is 69.7 Å². The molecule has 0 aliphatic carbocycles. The summed E-state index contributed by atoms with van der Waals surface area (Å²) >= 11 is 5.85. The molecular weight excluding hydrogens is 424 g/mol. The van der Waals surface area contributed by atoms with E-state index in [1.54, 1.807) is 0 Å². The largest absolute Gasteiger partial charge is 0.444 e. The van der Waals surface area contributed by atoms with E-state index in [-0.39, 0.29) is 46.2 Å². The molecule has 1 spiro atoms. The SMILES string of the molecule is CC(C)(C)OC(=O)N1C2CCC1CC1(CN/C(=N\C(=O)c3nc(Cl)c(N)nc3N)N1)C2. The van der Waals surface area contributed by atoms with E-state index in [2.05, 4.69) is 25.6 Å². The second-order valence-corrected chi connectivity index (χ2v) is 9.70. The van der Waals surface area contributed by atoms with E-state index in [1.807, 2.05) is 25.7 Å². The molecule has 2 bridgehead atoms. The highest BCUT2D eigenvalue weighted by atomic mass is 35.5. The van der Waals surface area contributed by atoms with Crippen molar-refractivity contribution in [1.82, 2.24) is 25.5 Å². The Morgan fingerprint density at radius 1 is 1.19 bits per heavy atom. The number of nitrogens with zero attached hydrogens (tertiary/aromatic N) is 4. The number of carbonyl (C=O) groups is 2. The first-order valence-electron chi connectivity index (χ1n) is 10.2. The molecule has 4 rings (SSSR count). The first-order valence-corrected chi connectivity index (χ1v) is 10.6. The molecule has 3 fully saturated rings. The highest BCUT2D eigenvalue weighted by Crippen LogP contribution is 2.42. The van der Waals surface area contributed by atoms with Gasteiger partial charge in [0.2, 0.25) is 0 Å². The number of fused-ring (bicyclic) bond motifs is 2. The molecule has 1 aromatic rings. The number of guanidine groups is 1. The molecule has 2 atom stereocenters. The minimum atomic E-state index is -0.673. The van der Waals surface area contributed by atoms with E-state index < -0.39 is 11.5 Å². The quantitative estimate of drug-likeness (QED) is 0.493. The molecule has 1 aromatic heterocycles. The topological polar surface area (TPSA) is 161 Å². The number of nitrogens with two attached hydrogens (primary N) is 2. The molecule has 11 nitrogen and oxygen atoms in total. The third-order valence-corrected chi connectivity index (χ3v) is 6.05. The van der Waals surface area contributed by atoms with Crippen LogP contribution in [0.25, 0.3) is 0 Å². The van der Waals surface area contributed by atoms with E-state index in [4.69, 9.17) is 27.8 Å². The third-order valence-electron chi connectivity index (χ3n) is 5.78. The van der Waals surface area contributed by atoms with Crippen LogP contribution in [0.1, 0.15) is 56.9 Å². The maximum Gasteiger partial charge on any atom is 0.410 e. The Kier molecular flexibility index (Phi) is 5.11. The highest BCUT2D eigenvalue weighted by molar-refractivity contribution is 6.31. The number of aromatic nitrogens is 2. The zero-order chi connectivity index (χ0) is 22.6. The van der Waals surface area contributed by atoms with E-state index >= 15 is 0 Å². The van der Waals surface area contributed by atoms with Gasteiger partial charge >= 0.3 is 12.0 Å². The summed E-state index contributed by atoms with van der Waals surface area (Å²) in [7, 11) is 0. The first-order chi connectivity index (χ1) is 14.5. The van der Waals surface area contributed by atoms with Gasteiger partial charge in [-0.05, 0) is 46.5 Å². The standard InChI is InChI=1S/C19H27ClN8O3/c1-18(2,3)31-17(30)28-9-4-5-10(28)7-19(6-9)8-23-16(27-19)26-15(29)11-13(21)25-14(22)12(20)24-11/h9-10H,4-8H2,1-3H3,(H4,21,22,25)(H2,23,26,27,29). The van der Waals surface area contributed by atoms with Crippen LogP contribution in [0.2, 0.25) is 5.15 Å². The number of hydrogen-bond donors (Lipinski definition) is 4. The minimum absolute atomic E-state index is 0.0494. The highest BCUT2D eigenvalue weighted by Gasteiger charge is 2.53. The lowest BCUT2D eigenvalue weighted by molar-refractivity contribution is -0.000822. The molecule has 2 amide bonds. The van der Waals surface area contributed by atoms with Crippen LogP contribution in [-0.2, 0) is 4.74 Å². The van der Waals surface area contributed by atoms with Gasteiger partial charge in [-0.2, -0.15) is 4.99 Å². The van der Waals surface area contributed by atoms with Crippen LogP contribution in [0.4, 0.5) is 16.4 Å². The van der Waals surface area contributed by atoms with Crippen molar-refractivity contribution in [2.24, 2.45) is 4.99 Å². The Morgan fingerprint density at radius 3 is 2.45 bits per heavy atom. The summed E-state index contributed by atoms with van der Waals surface area (Å²) in [5, 5.41) is 6.40. The van der Waals surface area contributed by atoms with Gasteiger partial charge in [0.15, 0.2) is 28.4 Å². The smallest absolute Gasteiger partial charge is 0.410 e. The number of halogens is 1. The monoisotopic (exact) mass is 450 g/mol. The van der Waals surface area contributed by atoms with Crippen molar-refractivity contribution in [1.29, 1.82) is 0 Å². The van der Waals surface area contributed by atoms with Crippen molar-refractivity contribution in [3.8, 4) is 0 Å². The lowest BCUT2D eigenvalue weighted by Gasteiger charge is -2.44. The molecule has 31 heavy (non-hydrogen) atoms. The van der Waals surface area contributed by atoms with Gasteiger partial charge in [0, 0.05) is 18.6 Å². The Labute approximate surface area is 185 Å². The minimum Gasteiger partial charge on any atom is -0.444 e. The summed E-state index contributed by atoms with van der Waals surface area (Å²) < 4.78 is 5.60. The summed E-state index contributed by atoms with van der Waals surface area (Å²) in [5.74, 6) is -0.517. The summed E-state index contributed by atoms with van der Waals surface area (Å²) in [5.41, 5.74) is 10.3. The normalized spacial score (nSPS) is 28.5. The van der Waals surface area contributed by atoms with Crippen LogP contribution in [0.3, 0.4) is 0 Å². The number of nitrogen functional groups attached to an aromatic ring is 2. The number of carbonyl (C=O) groups excluding carboxylic acids is 2. The number of ether oxygens (including phenoxy) is 1.